The highest BCUT2D eigenvalue weighted by atomic mass is 15.0. The van der Waals surface area contributed by atoms with E-state index in [-0.39, 0.29) is 0 Å². The lowest BCUT2D eigenvalue weighted by atomic mass is 10.3. The molecule has 0 unspecified atom stereocenters. The molecule has 0 aliphatic heterocycles. The lowest BCUT2D eigenvalue weighted by Crippen LogP contribution is -1.99. The molecule has 0 aromatic rings. The summed E-state index contributed by atoms with van der Waals surface area (Å²) in [5.74, 6) is 0. The fraction of sp³-hybridized carbons (Fsp3) is 0.200. The lowest BCUT2D eigenvalue weighted by Gasteiger charge is -2.00. The first kappa shape index (κ1) is 7.86. The summed E-state index contributed by atoms with van der Waals surface area (Å²) in [4.78, 5) is 2.01. The van der Waals surface area contributed by atoms with E-state index in [0.29, 0.717) is 0 Å². The van der Waals surface area contributed by atoms with Gasteiger partial charge in [0.2, 0.25) is 0 Å². The largest absolute Gasteiger partial charge is 0.383 e. The first-order valence-corrected chi connectivity index (χ1v) is 3.69. The summed E-state index contributed by atoms with van der Waals surface area (Å²) in [5, 5.41) is 0. The van der Waals surface area contributed by atoms with Gasteiger partial charge in [0.05, 0.1) is 0 Å². The molecule has 0 N–H and O–H groups in total. The van der Waals surface area contributed by atoms with Gasteiger partial charge < -0.3 is 4.90 Å². The molecule has 1 heteroatoms. The molecule has 58 valence electrons. The van der Waals surface area contributed by atoms with Crippen LogP contribution >= 0.6 is 0 Å². The normalized spacial score (nSPS) is 14.9. The molecule has 0 heterocycles. The van der Waals surface area contributed by atoms with Crippen molar-refractivity contribution in [2.75, 3.05) is 14.1 Å². The van der Waals surface area contributed by atoms with Gasteiger partial charge in [-0.05, 0) is 17.8 Å². The van der Waals surface area contributed by atoms with Crippen LogP contribution in [0.1, 0.15) is 0 Å². The highest BCUT2D eigenvalue weighted by molar-refractivity contribution is 5.41. The summed E-state index contributed by atoms with van der Waals surface area (Å²) >= 11 is 0. The van der Waals surface area contributed by atoms with E-state index in [1.807, 2.05) is 43.4 Å². The quantitative estimate of drug-likeness (QED) is 0.578. The Hall–Kier alpha value is -1.24. The zero-order valence-corrected chi connectivity index (χ0v) is 6.99. The first-order valence-electron chi connectivity index (χ1n) is 3.69. The molecule has 11 heavy (non-hydrogen) atoms. The topological polar surface area (TPSA) is 3.24 Å². The number of allylic oxidation sites excluding steroid dienone is 7. The summed E-state index contributed by atoms with van der Waals surface area (Å²) < 4.78 is 0. The van der Waals surface area contributed by atoms with E-state index < -0.39 is 0 Å². The number of hydrogen-bond acceptors (Lipinski definition) is 1. The first-order chi connectivity index (χ1) is 5.29. The van der Waals surface area contributed by atoms with Crippen LogP contribution < -0.4 is 0 Å². The third-order valence-electron chi connectivity index (χ3n) is 1.36. The number of hydrogen-bond donors (Lipinski definition) is 0. The van der Waals surface area contributed by atoms with Crippen molar-refractivity contribution in [3.05, 3.63) is 48.2 Å². The molecule has 0 aromatic carbocycles. The maximum Gasteiger partial charge on any atom is 0.00556 e. The summed E-state index contributed by atoms with van der Waals surface area (Å²) in [6.07, 6.45) is 14.4. The predicted octanol–water partition coefficient (Wildman–Crippen LogP) is 2.11. The average Bonchev–Trinajstić information content (AvgIpc) is 2.39. The van der Waals surface area contributed by atoms with Gasteiger partial charge in [0, 0.05) is 14.1 Å². The van der Waals surface area contributed by atoms with Crippen LogP contribution in [0.25, 0.3) is 0 Å². The van der Waals surface area contributed by atoms with E-state index in [4.69, 9.17) is 0 Å². The third-order valence-corrected chi connectivity index (χ3v) is 1.36. The Morgan fingerprint density at radius 3 is 2.36 bits per heavy atom. The van der Waals surface area contributed by atoms with Gasteiger partial charge >= 0.3 is 0 Å². The van der Waals surface area contributed by atoms with Crippen molar-refractivity contribution in [1.29, 1.82) is 0 Å². The monoisotopic (exact) mass is 147 g/mol. The van der Waals surface area contributed by atoms with Crippen LogP contribution in [-0.4, -0.2) is 19.0 Å². The van der Waals surface area contributed by atoms with Gasteiger partial charge in [-0.3, -0.25) is 0 Å². The summed E-state index contributed by atoms with van der Waals surface area (Å²) in [7, 11) is 4.02. The molecule has 1 nitrogen and oxygen atoms in total. The number of nitrogens with zero attached hydrogens (tertiary/aromatic N) is 1. The minimum absolute atomic E-state index is 1.25. The Morgan fingerprint density at radius 1 is 1.18 bits per heavy atom. The van der Waals surface area contributed by atoms with Gasteiger partial charge in [0.1, 0.15) is 0 Å². The van der Waals surface area contributed by atoms with Crippen molar-refractivity contribution >= 4 is 0 Å². The van der Waals surface area contributed by atoms with Gasteiger partial charge in [-0.15, -0.1) is 0 Å². The van der Waals surface area contributed by atoms with Crippen molar-refractivity contribution in [3.8, 4) is 0 Å². The van der Waals surface area contributed by atoms with E-state index in [9.17, 15) is 0 Å². The Bertz CT molecular complexity index is 215. The molecule has 0 atom stereocenters. The molecule has 0 bridgehead atoms. The van der Waals surface area contributed by atoms with Crippen LogP contribution in [0.2, 0.25) is 0 Å². The van der Waals surface area contributed by atoms with Crippen LogP contribution in [0.15, 0.2) is 48.2 Å². The Labute approximate surface area is 68.0 Å². The second-order valence-electron chi connectivity index (χ2n) is 2.69. The molecule has 1 rings (SSSR count). The lowest BCUT2D eigenvalue weighted by molar-refractivity contribution is 0.564. The molecule has 1 aliphatic rings. The molecule has 0 radical (unpaired) electrons. The molecule has 0 saturated heterocycles. The van der Waals surface area contributed by atoms with Crippen molar-refractivity contribution < 1.29 is 0 Å². The van der Waals surface area contributed by atoms with Gasteiger partial charge in [-0.25, -0.2) is 0 Å². The predicted molar refractivity (Wildman–Crippen MR) is 49.2 cm³/mol. The second kappa shape index (κ2) is 3.81. The van der Waals surface area contributed by atoms with Crippen LogP contribution in [0, 0.1) is 0 Å². The summed E-state index contributed by atoms with van der Waals surface area (Å²) in [6.45, 7) is 0. The molecule has 1 aliphatic carbocycles. The van der Waals surface area contributed by atoms with Crippen LogP contribution in [0.5, 0.6) is 0 Å². The third kappa shape index (κ3) is 2.89. The van der Waals surface area contributed by atoms with E-state index in [1.54, 1.807) is 0 Å². The zero-order chi connectivity index (χ0) is 8.10. The smallest absolute Gasteiger partial charge is 0.00556 e. The maximum atomic E-state index is 2.08. The standard InChI is InChI=1S/C10H13N/c1-11(2)9-5-8-10-6-3-4-7-10/h3-9H,1-2H3. The van der Waals surface area contributed by atoms with E-state index in [1.165, 1.54) is 5.57 Å². The molecule has 0 spiro atoms. The van der Waals surface area contributed by atoms with Crippen molar-refractivity contribution in [1.82, 2.24) is 4.90 Å². The molecule has 0 amide bonds. The van der Waals surface area contributed by atoms with Crippen molar-refractivity contribution in [3.63, 3.8) is 0 Å². The van der Waals surface area contributed by atoms with Crippen molar-refractivity contribution in [2.45, 2.75) is 0 Å². The molecule has 0 saturated carbocycles. The van der Waals surface area contributed by atoms with Crippen molar-refractivity contribution in [2.24, 2.45) is 0 Å². The molecular weight excluding hydrogens is 134 g/mol. The molecular formula is C10H13N. The number of rotatable bonds is 2. The SMILES string of the molecule is CN(C)C=CC=C1C=CC=C1. The Kier molecular flexibility index (Phi) is 2.73. The van der Waals surface area contributed by atoms with Gasteiger partial charge in [0.15, 0.2) is 0 Å². The molecule has 0 aromatic heterocycles. The van der Waals surface area contributed by atoms with Crippen LogP contribution in [0.4, 0.5) is 0 Å². The van der Waals surface area contributed by atoms with Gasteiger partial charge in [0.25, 0.3) is 0 Å². The Balaban J connectivity index is 2.47. The van der Waals surface area contributed by atoms with Crippen LogP contribution in [0.3, 0.4) is 0 Å². The molecule has 0 fully saturated rings. The van der Waals surface area contributed by atoms with E-state index in [0.717, 1.165) is 0 Å². The second-order valence-corrected chi connectivity index (χ2v) is 2.69. The maximum absolute atomic E-state index is 2.08. The highest BCUT2D eigenvalue weighted by Crippen LogP contribution is 2.06. The zero-order valence-electron chi connectivity index (χ0n) is 6.99. The van der Waals surface area contributed by atoms with E-state index >= 15 is 0 Å². The van der Waals surface area contributed by atoms with E-state index in [2.05, 4.69) is 18.2 Å². The summed E-state index contributed by atoms with van der Waals surface area (Å²) in [5.41, 5.74) is 1.25. The fourth-order valence-corrected chi connectivity index (χ4v) is 0.826. The fourth-order valence-electron chi connectivity index (χ4n) is 0.826. The Morgan fingerprint density at radius 2 is 1.82 bits per heavy atom. The highest BCUT2D eigenvalue weighted by Gasteiger charge is 1.86. The van der Waals surface area contributed by atoms with Gasteiger partial charge in [-0.2, -0.15) is 0 Å². The van der Waals surface area contributed by atoms with Crippen LogP contribution in [-0.2, 0) is 0 Å². The minimum atomic E-state index is 1.25. The van der Waals surface area contributed by atoms with Gasteiger partial charge in [-0.1, -0.05) is 30.4 Å². The summed E-state index contributed by atoms with van der Waals surface area (Å²) in [6, 6.07) is 0. The average molecular weight is 147 g/mol. The minimum Gasteiger partial charge on any atom is -0.383 e.